The van der Waals surface area contributed by atoms with Gasteiger partial charge in [0.15, 0.2) is 0 Å². The molecule has 0 atom stereocenters. The van der Waals surface area contributed by atoms with E-state index in [-0.39, 0.29) is 0 Å². The van der Waals surface area contributed by atoms with Crippen molar-refractivity contribution in [2.24, 2.45) is 0 Å². The average Bonchev–Trinajstić information content (AvgIpc) is 3.24. The fraction of sp³-hybridized carbons (Fsp3) is 0.421. The lowest BCUT2D eigenvalue weighted by Gasteiger charge is -2.26. The number of aromatic nitrogens is 2. The molecule has 136 valence electrons. The van der Waals surface area contributed by atoms with Crippen molar-refractivity contribution in [1.82, 2.24) is 14.7 Å². The van der Waals surface area contributed by atoms with Gasteiger partial charge in [0.25, 0.3) is 0 Å². The fourth-order valence-electron chi connectivity index (χ4n) is 3.49. The summed E-state index contributed by atoms with van der Waals surface area (Å²) in [6, 6.07) is 7.98. The van der Waals surface area contributed by atoms with Gasteiger partial charge in [-0.05, 0) is 43.9 Å². The standard InChI is InChI=1S/C19H22N4O2S/c1-13-6-5-7-14(10-13)23-17(15-11-26-12-16(15)21-23)20-18(24)19(25)22-8-3-2-4-9-22/h5-7,10H,2-4,8-9,11-12H2,1H3,(H,20,24). The maximum atomic E-state index is 12.6. The van der Waals surface area contributed by atoms with Crippen molar-refractivity contribution in [2.45, 2.75) is 37.7 Å². The summed E-state index contributed by atoms with van der Waals surface area (Å²) in [6.07, 6.45) is 3.05. The number of rotatable bonds is 2. The molecule has 1 aromatic carbocycles. The van der Waals surface area contributed by atoms with Gasteiger partial charge in [-0.25, -0.2) is 4.68 Å². The van der Waals surface area contributed by atoms with Crippen molar-refractivity contribution in [3.05, 3.63) is 41.1 Å². The Balaban J connectivity index is 1.63. The van der Waals surface area contributed by atoms with Crippen molar-refractivity contribution >= 4 is 29.4 Å². The number of fused-ring (bicyclic) bond motifs is 1. The van der Waals surface area contributed by atoms with Gasteiger partial charge in [-0.3, -0.25) is 9.59 Å². The highest BCUT2D eigenvalue weighted by atomic mass is 32.2. The van der Waals surface area contributed by atoms with E-state index >= 15 is 0 Å². The molecule has 0 bridgehead atoms. The predicted octanol–water partition coefficient (Wildman–Crippen LogP) is 2.88. The number of likely N-dealkylation sites (tertiary alicyclic amines) is 1. The van der Waals surface area contributed by atoms with Gasteiger partial charge in [0, 0.05) is 30.2 Å². The SMILES string of the molecule is Cc1cccc(-n2nc3c(c2NC(=O)C(=O)N2CCCCC2)CSC3)c1. The quantitative estimate of drug-likeness (QED) is 0.826. The van der Waals surface area contributed by atoms with Crippen LogP contribution in [-0.4, -0.2) is 39.6 Å². The highest BCUT2D eigenvalue weighted by molar-refractivity contribution is 7.98. The highest BCUT2D eigenvalue weighted by Gasteiger charge is 2.29. The second-order valence-electron chi connectivity index (χ2n) is 6.82. The molecule has 26 heavy (non-hydrogen) atoms. The Kier molecular flexibility index (Phi) is 4.72. The van der Waals surface area contributed by atoms with Crippen LogP contribution in [0.25, 0.3) is 5.69 Å². The molecule has 2 amide bonds. The smallest absolute Gasteiger partial charge is 0.315 e. The first kappa shape index (κ1) is 17.1. The van der Waals surface area contributed by atoms with E-state index in [2.05, 4.69) is 10.4 Å². The number of hydrogen-bond donors (Lipinski definition) is 1. The summed E-state index contributed by atoms with van der Waals surface area (Å²) >= 11 is 1.77. The van der Waals surface area contributed by atoms with Crippen LogP contribution in [0.2, 0.25) is 0 Å². The molecule has 0 radical (unpaired) electrons. The van der Waals surface area contributed by atoms with Gasteiger partial charge >= 0.3 is 11.8 Å². The van der Waals surface area contributed by atoms with Gasteiger partial charge < -0.3 is 10.2 Å². The second-order valence-corrected chi connectivity index (χ2v) is 7.81. The Morgan fingerprint density at radius 3 is 2.73 bits per heavy atom. The van der Waals surface area contributed by atoms with Gasteiger partial charge in [-0.2, -0.15) is 16.9 Å². The average molecular weight is 370 g/mol. The van der Waals surface area contributed by atoms with Crippen LogP contribution >= 0.6 is 11.8 Å². The van der Waals surface area contributed by atoms with E-state index in [0.717, 1.165) is 53.3 Å². The molecule has 1 saturated heterocycles. The minimum absolute atomic E-state index is 0.443. The van der Waals surface area contributed by atoms with Crippen LogP contribution in [0.4, 0.5) is 5.82 Å². The third kappa shape index (κ3) is 3.23. The Hall–Kier alpha value is -2.28. The summed E-state index contributed by atoms with van der Waals surface area (Å²) in [6.45, 7) is 3.35. The molecule has 0 aliphatic carbocycles. The summed E-state index contributed by atoms with van der Waals surface area (Å²) in [5.41, 5.74) is 4.02. The minimum Gasteiger partial charge on any atom is -0.334 e. The zero-order chi connectivity index (χ0) is 18.1. The molecular formula is C19H22N4O2S. The molecule has 3 heterocycles. The number of amides is 2. The van der Waals surface area contributed by atoms with Crippen LogP contribution in [0.15, 0.2) is 24.3 Å². The van der Waals surface area contributed by atoms with E-state index in [1.165, 1.54) is 0 Å². The summed E-state index contributed by atoms with van der Waals surface area (Å²) in [7, 11) is 0. The van der Waals surface area contributed by atoms with Gasteiger partial charge in [-0.15, -0.1) is 0 Å². The topological polar surface area (TPSA) is 67.2 Å². The van der Waals surface area contributed by atoms with E-state index in [1.54, 1.807) is 21.3 Å². The number of thioether (sulfide) groups is 1. The largest absolute Gasteiger partial charge is 0.334 e. The number of carbonyl (C=O) groups excluding carboxylic acids is 2. The van der Waals surface area contributed by atoms with Crippen molar-refractivity contribution in [2.75, 3.05) is 18.4 Å². The third-order valence-electron chi connectivity index (χ3n) is 4.87. The lowest BCUT2D eigenvalue weighted by atomic mass is 10.1. The molecule has 0 saturated carbocycles. The molecule has 0 spiro atoms. The number of hydrogen-bond acceptors (Lipinski definition) is 4. The molecule has 1 aromatic heterocycles. The fourth-order valence-corrected chi connectivity index (χ4v) is 4.52. The van der Waals surface area contributed by atoms with Crippen LogP contribution in [0.3, 0.4) is 0 Å². The van der Waals surface area contributed by atoms with Gasteiger partial charge in [0.05, 0.1) is 11.4 Å². The van der Waals surface area contributed by atoms with Crippen molar-refractivity contribution < 1.29 is 9.59 Å². The first-order valence-electron chi connectivity index (χ1n) is 8.99. The van der Waals surface area contributed by atoms with Crippen molar-refractivity contribution in [1.29, 1.82) is 0 Å². The van der Waals surface area contributed by atoms with Gasteiger partial charge in [0.2, 0.25) is 0 Å². The number of nitrogens with zero attached hydrogens (tertiary/aromatic N) is 3. The molecule has 6 nitrogen and oxygen atoms in total. The molecule has 2 aliphatic rings. The van der Waals surface area contributed by atoms with E-state index in [4.69, 9.17) is 0 Å². The summed E-state index contributed by atoms with van der Waals surface area (Å²) in [4.78, 5) is 26.8. The van der Waals surface area contributed by atoms with E-state index in [9.17, 15) is 9.59 Å². The Labute approximate surface area is 156 Å². The first-order chi connectivity index (χ1) is 12.6. The lowest BCUT2D eigenvalue weighted by molar-refractivity contribution is -0.143. The Morgan fingerprint density at radius 2 is 1.96 bits per heavy atom. The zero-order valence-corrected chi connectivity index (χ0v) is 15.6. The van der Waals surface area contributed by atoms with E-state index in [0.29, 0.717) is 18.9 Å². The number of anilines is 1. The molecule has 4 rings (SSSR count). The van der Waals surface area contributed by atoms with E-state index < -0.39 is 11.8 Å². The number of benzene rings is 1. The minimum atomic E-state index is -0.569. The number of piperidine rings is 1. The first-order valence-corrected chi connectivity index (χ1v) is 10.1. The molecule has 2 aliphatic heterocycles. The highest BCUT2D eigenvalue weighted by Crippen LogP contribution is 2.36. The zero-order valence-electron chi connectivity index (χ0n) is 14.8. The molecule has 2 aromatic rings. The molecule has 0 unspecified atom stereocenters. The second kappa shape index (κ2) is 7.15. The van der Waals surface area contributed by atoms with E-state index in [1.807, 2.05) is 31.2 Å². The van der Waals surface area contributed by atoms with Crippen LogP contribution in [0, 0.1) is 6.92 Å². The lowest BCUT2D eigenvalue weighted by Crippen LogP contribution is -2.42. The maximum absolute atomic E-state index is 12.6. The summed E-state index contributed by atoms with van der Waals surface area (Å²) < 4.78 is 1.76. The third-order valence-corrected chi connectivity index (χ3v) is 5.84. The van der Waals surface area contributed by atoms with Crippen molar-refractivity contribution in [3.8, 4) is 5.69 Å². The maximum Gasteiger partial charge on any atom is 0.315 e. The summed E-state index contributed by atoms with van der Waals surface area (Å²) in [5.74, 6) is 1.25. The number of nitrogens with one attached hydrogen (secondary N) is 1. The Morgan fingerprint density at radius 1 is 1.15 bits per heavy atom. The van der Waals surface area contributed by atoms with Gasteiger partial charge in [-0.1, -0.05) is 12.1 Å². The predicted molar refractivity (Wildman–Crippen MR) is 102 cm³/mol. The molecule has 1 fully saturated rings. The van der Waals surface area contributed by atoms with Gasteiger partial charge in [0.1, 0.15) is 5.82 Å². The van der Waals surface area contributed by atoms with Crippen LogP contribution in [0.1, 0.15) is 36.1 Å². The molecular weight excluding hydrogens is 348 g/mol. The Bertz CT molecular complexity index is 855. The van der Waals surface area contributed by atoms with Crippen LogP contribution in [-0.2, 0) is 21.1 Å². The van der Waals surface area contributed by atoms with Crippen LogP contribution < -0.4 is 5.32 Å². The molecule has 1 N–H and O–H groups in total. The number of carbonyl (C=O) groups is 2. The normalized spacial score (nSPS) is 16.4. The van der Waals surface area contributed by atoms with Crippen molar-refractivity contribution in [3.63, 3.8) is 0 Å². The summed E-state index contributed by atoms with van der Waals surface area (Å²) in [5, 5.41) is 7.55. The number of aryl methyl sites for hydroxylation is 1. The van der Waals surface area contributed by atoms with Crippen LogP contribution in [0.5, 0.6) is 0 Å². The molecule has 7 heteroatoms. The monoisotopic (exact) mass is 370 g/mol.